The molecule has 0 radical (unpaired) electrons. The van der Waals surface area contributed by atoms with Crippen LogP contribution in [0.3, 0.4) is 0 Å². The third-order valence-electron chi connectivity index (χ3n) is 2.18. The van der Waals surface area contributed by atoms with E-state index in [2.05, 4.69) is 5.32 Å². The van der Waals surface area contributed by atoms with Gasteiger partial charge in [-0.15, -0.1) is 23.1 Å². The fraction of sp³-hybridized carbons (Fsp3) is 0.0769. The normalized spacial score (nSPS) is 10.2. The molecule has 2 rings (SSSR count). The molecule has 1 aromatic carbocycles. The molecular formula is C13H10ClNO2S2. The minimum Gasteiger partial charge on any atom is -0.291 e. The van der Waals surface area contributed by atoms with Crippen LogP contribution in [0.15, 0.2) is 46.7 Å². The van der Waals surface area contributed by atoms with E-state index in [4.69, 9.17) is 11.6 Å². The summed E-state index contributed by atoms with van der Waals surface area (Å²) < 4.78 is 0. The van der Waals surface area contributed by atoms with E-state index in [-0.39, 0.29) is 17.6 Å². The van der Waals surface area contributed by atoms with Gasteiger partial charge in [0.15, 0.2) is 0 Å². The van der Waals surface area contributed by atoms with E-state index in [0.29, 0.717) is 9.90 Å². The highest BCUT2D eigenvalue weighted by Gasteiger charge is 2.11. The number of halogens is 1. The van der Waals surface area contributed by atoms with Crippen LogP contribution in [-0.4, -0.2) is 17.6 Å². The molecule has 0 aliphatic heterocycles. The summed E-state index contributed by atoms with van der Waals surface area (Å²) >= 11 is 8.43. The SMILES string of the molecule is O=C(CSc1ccc(Cl)cc1)NC(=O)c1cccs1. The number of hydrogen-bond donors (Lipinski definition) is 1. The molecule has 0 spiro atoms. The summed E-state index contributed by atoms with van der Waals surface area (Å²) in [6, 6.07) is 10.6. The first-order valence-electron chi connectivity index (χ1n) is 5.41. The van der Waals surface area contributed by atoms with Crippen molar-refractivity contribution in [3.63, 3.8) is 0 Å². The zero-order valence-electron chi connectivity index (χ0n) is 9.76. The number of imide groups is 1. The summed E-state index contributed by atoms with van der Waals surface area (Å²) in [5.41, 5.74) is 0. The molecule has 2 amide bonds. The Labute approximate surface area is 124 Å². The molecule has 3 nitrogen and oxygen atoms in total. The van der Waals surface area contributed by atoms with E-state index in [1.165, 1.54) is 23.1 Å². The average molecular weight is 312 g/mol. The van der Waals surface area contributed by atoms with Crippen molar-refractivity contribution >= 4 is 46.5 Å². The molecule has 1 heterocycles. The van der Waals surface area contributed by atoms with Crippen molar-refractivity contribution in [2.45, 2.75) is 4.90 Å². The molecule has 0 aliphatic carbocycles. The first-order chi connectivity index (χ1) is 9.15. The molecule has 0 aliphatic rings. The third kappa shape index (κ3) is 4.38. The zero-order valence-corrected chi connectivity index (χ0v) is 12.1. The van der Waals surface area contributed by atoms with Crippen molar-refractivity contribution < 1.29 is 9.59 Å². The number of benzene rings is 1. The second kappa shape index (κ2) is 6.75. The molecule has 19 heavy (non-hydrogen) atoms. The van der Waals surface area contributed by atoms with Crippen molar-refractivity contribution in [2.75, 3.05) is 5.75 Å². The van der Waals surface area contributed by atoms with Gasteiger partial charge < -0.3 is 0 Å². The predicted octanol–water partition coefficient (Wildman–Crippen LogP) is 3.45. The van der Waals surface area contributed by atoms with Gasteiger partial charge >= 0.3 is 0 Å². The van der Waals surface area contributed by atoms with E-state index in [9.17, 15) is 9.59 Å². The maximum Gasteiger partial charge on any atom is 0.267 e. The number of carbonyl (C=O) groups excluding carboxylic acids is 2. The van der Waals surface area contributed by atoms with Crippen LogP contribution in [0.25, 0.3) is 0 Å². The largest absolute Gasteiger partial charge is 0.291 e. The van der Waals surface area contributed by atoms with Crippen LogP contribution >= 0.6 is 34.7 Å². The van der Waals surface area contributed by atoms with Crippen molar-refractivity contribution in [1.29, 1.82) is 0 Å². The fourth-order valence-electron chi connectivity index (χ4n) is 1.31. The van der Waals surface area contributed by atoms with E-state index in [1.54, 1.807) is 29.6 Å². The van der Waals surface area contributed by atoms with Crippen LogP contribution in [0.2, 0.25) is 5.02 Å². The fourth-order valence-corrected chi connectivity index (χ4v) is 2.76. The van der Waals surface area contributed by atoms with Gasteiger partial charge in [0.25, 0.3) is 5.91 Å². The smallest absolute Gasteiger partial charge is 0.267 e. The number of thiophene rings is 1. The Kier molecular flexibility index (Phi) is 5.01. The second-order valence-electron chi connectivity index (χ2n) is 3.60. The first-order valence-corrected chi connectivity index (χ1v) is 7.65. The van der Waals surface area contributed by atoms with Crippen molar-refractivity contribution in [3.8, 4) is 0 Å². The van der Waals surface area contributed by atoms with Gasteiger partial charge in [-0.2, -0.15) is 0 Å². The molecule has 0 unspecified atom stereocenters. The molecule has 2 aromatic rings. The zero-order chi connectivity index (χ0) is 13.7. The van der Waals surface area contributed by atoms with Gasteiger partial charge in [-0.05, 0) is 35.7 Å². The van der Waals surface area contributed by atoms with Gasteiger partial charge in [0.1, 0.15) is 0 Å². The Bertz CT molecular complexity index is 567. The lowest BCUT2D eigenvalue weighted by molar-refractivity contribution is -0.117. The molecule has 0 saturated heterocycles. The number of rotatable bonds is 4. The summed E-state index contributed by atoms with van der Waals surface area (Å²) in [7, 11) is 0. The van der Waals surface area contributed by atoms with Crippen molar-refractivity contribution in [3.05, 3.63) is 51.7 Å². The number of carbonyl (C=O) groups is 2. The maximum atomic E-state index is 11.6. The molecular weight excluding hydrogens is 302 g/mol. The Balaban J connectivity index is 1.82. The van der Waals surface area contributed by atoms with E-state index < -0.39 is 0 Å². The minimum atomic E-state index is -0.350. The summed E-state index contributed by atoms with van der Waals surface area (Å²) in [6.07, 6.45) is 0. The van der Waals surface area contributed by atoms with Crippen molar-refractivity contribution in [1.82, 2.24) is 5.32 Å². The summed E-state index contributed by atoms with van der Waals surface area (Å²) in [4.78, 5) is 24.7. The number of hydrogen-bond acceptors (Lipinski definition) is 4. The van der Waals surface area contributed by atoms with Crippen LogP contribution in [0.5, 0.6) is 0 Å². The lowest BCUT2D eigenvalue weighted by atomic mass is 10.4. The minimum absolute atomic E-state index is 0.193. The lowest BCUT2D eigenvalue weighted by Crippen LogP contribution is -2.31. The summed E-state index contributed by atoms with van der Waals surface area (Å²) in [5.74, 6) is -0.464. The molecule has 0 fully saturated rings. The monoisotopic (exact) mass is 311 g/mol. The Hall–Kier alpha value is -1.30. The predicted molar refractivity (Wildman–Crippen MR) is 79.0 cm³/mol. The molecule has 1 N–H and O–H groups in total. The van der Waals surface area contributed by atoms with Gasteiger partial charge in [-0.1, -0.05) is 17.7 Å². The van der Waals surface area contributed by atoms with E-state index in [1.807, 2.05) is 12.1 Å². The average Bonchev–Trinajstić information content (AvgIpc) is 2.92. The van der Waals surface area contributed by atoms with E-state index in [0.717, 1.165) is 4.90 Å². The third-order valence-corrected chi connectivity index (χ3v) is 4.31. The van der Waals surface area contributed by atoms with Crippen LogP contribution in [0, 0.1) is 0 Å². The topological polar surface area (TPSA) is 46.2 Å². The van der Waals surface area contributed by atoms with Crippen LogP contribution in [-0.2, 0) is 4.79 Å². The summed E-state index contributed by atoms with van der Waals surface area (Å²) in [6.45, 7) is 0. The van der Waals surface area contributed by atoms with Crippen LogP contribution in [0.1, 0.15) is 9.67 Å². The van der Waals surface area contributed by atoms with Gasteiger partial charge in [0, 0.05) is 9.92 Å². The van der Waals surface area contributed by atoms with Crippen LogP contribution in [0.4, 0.5) is 0 Å². The van der Waals surface area contributed by atoms with Gasteiger partial charge in [-0.25, -0.2) is 0 Å². The molecule has 0 atom stereocenters. The molecule has 1 aromatic heterocycles. The van der Waals surface area contributed by atoms with E-state index >= 15 is 0 Å². The number of nitrogens with one attached hydrogen (secondary N) is 1. The number of thioether (sulfide) groups is 1. The number of amides is 2. The molecule has 6 heteroatoms. The lowest BCUT2D eigenvalue weighted by Gasteiger charge is -2.03. The van der Waals surface area contributed by atoms with Gasteiger partial charge in [0.2, 0.25) is 5.91 Å². The maximum absolute atomic E-state index is 11.6. The molecule has 98 valence electrons. The highest BCUT2D eigenvalue weighted by molar-refractivity contribution is 8.00. The summed E-state index contributed by atoms with van der Waals surface area (Å²) in [5, 5.41) is 4.80. The standard InChI is InChI=1S/C13H10ClNO2S2/c14-9-3-5-10(6-4-9)19-8-12(16)15-13(17)11-2-1-7-18-11/h1-7H,8H2,(H,15,16,17). The second-order valence-corrected chi connectivity index (χ2v) is 6.03. The molecule has 0 saturated carbocycles. The van der Waals surface area contributed by atoms with Crippen molar-refractivity contribution in [2.24, 2.45) is 0 Å². The highest BCUT2D eigenvalue weighted by atomic mass is 35.5. The van der Waals surface area contributed by atoms with Crippen LogP contribution < -0.4 is 5.32 Å². The molecule has 0 bridgehead atoms. The quantitative estimate of drug-likeness (QED) is 0.880. The van der Waals surface area contributed by atoms with Gasteiger partial charge in [-0.3, -0.25) is 14.9 Å². The Morgan fingerprint density at radius 1 is 1.21 bits per heavy atom. The van der Waals surface area contributed by atoms with Gasteiger partial charge in [0.05, 0.1) is 10.6 Å². The Morgan fingerprint density at radius 2 is 1.95 bits per heavy atom. The Morgan fingerprint density at radius 3 is 2.58 bits per heavy atom. The first kappa shape index (κ1) is 14.1. The highest BCUT2D eigenvalue weighted by Crippen LogP contribution is 2.20.